The van der Waals surface area contributed by atoms with Crippen LogP contribution in [0, 0.1) is 0 Å². The summed E-state index contributed by atoms with van der Waals surface area (Å²) in [4.78, 5) is 3.97. The monoisotopic (exact) mass is 517 g/mol. The van der Waals surface area contributed by atoms with Gasteiger partial charge >= 0.3 is 156 Å². The number of hydrogen-bond acceptors (Lipinski definition) is 0. The van der Waals surface area contributed by atoms with E-state index in [2.05, 4.69) is 111 Å². The van der Waals surface area contributed by atoms with Crippen molar-refractivity contribution in [2.45, 2.75) is 63.5 Å². The summed E-state index contributed by atoms with van der Waals surface area (Å²) in [6.45, 7) is 17.4. The number of hydrogen-bond donors (Lipinski definition) is 1. The Balaban J connectivity index is 0.00000196. The van der Waals surface area contributed by atoms with Gasteiger partial charge in [-0.2, -0.15) is 0 Å². The third-order valence-corrected chi connectivity index (χ3v) is 73.4. The molecule has 0 unspecified atom stereocenters. The molecule has 0 aliphatic heterocycles. The smallest absolute Gasteiger partial charge is 0.147 e. The molecule has 2 aromatic rings. The summed E-state index contributed by atoms with van der Waals surface area (Å²) in [5.41, 5.74) is 1.26. The van der Waals surface area contributed by atoms with E-state index >= 15 is 0 Å². The standard InChI is InChI=1S/C8H6N.C5H5.2C4H9.2CH3.2ClH.H2Si.Zr/c1-2-4-8-7(3-1)5-6-9-8;1-2-4-5-3-1;2*1-4(2)3;;;;;;/h1-5,9H;1-3H,4H2;2*1-3H3;2*1H3;2*1H;1H2;. The molecule has 1 aliphatic rings. The van der Waals surface area contributed by atoms with E-state index in [-0.39, 0.29) is 31.1 Å². The molecule has 1 aromatic carbocycles. The molecule has 0 spiro atoms. The summed E-state index contributed by atoms with van der Waals surface area (Å²) >= 11 is -4.89. The quantitative estimate of drug-likeness (QED) is 0.400. The molecule has 0 amide bonds. The molecule has 0 saturated heterocycles. The van der Waals surface area contributed by atoms with Crippen molar-refractivity contribution in [3.8, 4) is 0 Å². The molecule has 1 aromatic heterocycles. The summed E-state index contributed by atoms with van der Waals surface area (Å²) < 4.78 is 8.85. The first-order valence-electron chi connectivity index (χ1n) is 9.98. The van der Waals surface area contributed by atoms with Gasteiger partial charge in [-0.3, -0.25) is 0 Å². The third kappa shape index (κ3) is 2.18. The average molecular weight is 520 g/mol. The van der Waals surface area contributed by atoms with Crippen LogP contribution in [0.4, 0.5) is 0 Å². The Morgan fingerprint density at radius 2 is 1.46 bits per heavy atom. The van der Waals surface area contributed by atoms with Crippen LogP contribution in [0.2, 0.25) is 15.5 Å². The minimum absolute atomic E-state index is 0. The number of rotatable bonds is 2. The Labute approximate surface area is 179 Å². The molecule has 0 fully saturated rings. The Hall–Kier alpha value is -0.0800. The maximum absolute atomic E-state index is 4.89. The van der Waals surface area contributed by atoms with Crippen LogP contribution in [0.5, 0.6) is 0 Å². The van der Waals surface area contributed by atoms with Crippen molar-refractivity contribution in [3.63, 3.8) is 0 Å². The summed E-state index contributed by atoms with van der Waals surface area (Å²) in [6, 6.07) is 11.2. The fourth-order valence-corrected chi connectivity index (χ4v) is 31.6. The Kier molecular flexibility index (Phi) is 5.56. The van der Waals surface area contributed by atoms with Gasteiger partial charge in [-0.25, -0.2) is 0 Å². The van der Waals surface area contributed by atoms with Crippen molar-refractivity contribution in [2.24, 2.45) is 0 Å². The van der Waals surface area contributed by atoms with Gasteiger partial charge in [0.1, 0.15) is 0 Å². The van der Waals surface area contributed by atoms with Crippen LogP contribution in [-0.2, 0) is 14.4 Å². The number of para-hydroxylation sites is 1. The molecule has 1 nitrogen and oxygen atoms in total. The zero-order valence-corrected chi connectivity index (χ0v) is 24.4. The molecule has 1 heterocycles. The van der Waals surface area contributed by atoms with Crippen molar-refractivity contribution < 1.29 is 14.4 Å². The number of aromatic nitrogens is 1. The minimum Gasteiger partial charge on any atom is -0.147 e. The molecule has 1 N–H and O–H groups in total. The first kappa shape index (κ1) is 26.0. The van der Waals surface area contributed by atoms with Gasteiger partial charge in [0, 0.05) is 0 Å². The summed E-state index contributed by atoms with van der Waals surface area (Å²) in [6.07, 6.45) is 8.16. The summed E-state index contributed by atoms with van der Waals surface area (Å²) in [5, 5.41) is 1.33. The molecule has 0 bridgehead atoms. The number of halogens is 2. The molecule has 158 valence electrons. The second-order valence-corrected chi connectivity index (χ2v) is 62.7. The van der Waals surface area contributed by atoms with Gasteiger partial charge < -0.3 is 0 Å². The molecule has 1 aliphatic carbocycles. The van der Waals surface area contributed by atoms with Crippen LogP contribution in [0.1, 0.15) is 48.0 Å². The van der Waals surface area contributed by atoms with Crippen LogP contribution in [0.3, 0.4) is 0 Å². The maximum Gasteiger partial charge on any atom is -0.147 e. The second-order valence-electron chi connectivity index (χ2n) is 12.8. The number of benzene rings is 1. The van der Waals surface area contributed by atoms with Gasteiger partial charge in [0.05, 0.1) is 0 Å². The van der Waals surface area contributed by atoms with Gasteiger partial charge in [-0.15, -0.1) is 24.8 Å². The van der Waals surface area contributed by atoms with E-state index in [4.69, 9.17) is 0 Å². The maximum atomic E-state index is 3.97. The van der Waals surface area contributed by atoms with Crippen molar-refractivity contribution in [1.82, 2.24) is 4.98 Å². The molecule has 3 rings (SSSR count). The summed E-state index contributed by atoms with van der Waals surface area (Å²) in [5.74, 6) is 0. The topological polar surface area (TPSA) is 15.8 Å². The van der Waals surface area contributed by atoms with Crippen LogP contribution in [-0.4, -0.2) is 11.9 Å². The second kappa shape index (κ2) is 6.00. The van der Waals surface area contributed by atoms with Gasteiger partial charge in [-0.05, 0) is 0 Å². The van der Waals surface area contributed by atoms with E-state index in [1.165, 1.54) is 14.3 Å². The largest absolute Gasteiger partial charge is 0.147 e. The van der Waals surface area contributed by atoms with Crippen molar-refractivity contribution in [2.75, 3.05) is 0 Å². The van der Waals surface area contributed by atoms with Crippen molar-refractivity contribution in [1.29, 1.82) is 0 Å². The molecule has 28 heavy (non-hydrogen) atoms. The van der Waals surface area contributed by atoms with E-state index in [9.17, 15) is 0 Å². The van der Waals surface area contributed by atoms with Gasteiger partial charge in [0.15, 0.2) is 0 Å². The van der Waals surface area contributed by atoms with E-state index in [0.29, 0.717) is 0 Å². The van der Waals surface area contributed by atoms with Crippen LogP contribution in [0.25, 0.3) is 10.9 Å². The first-order chi connectivity index (χ1) is 11.5. The molecule has 0 atom stereocenters. The van der Waals surface area contributed by atoms with Crippen molar-refractivity contribution >= 4 is 46.0 Å². The van der Waals surface area contributed by atoms with Crippen molar-refractivity contribution in [3.05, 3.63) is 51.8 Å². The summed E-state index contributed by atoms with van der Waals surface area (Å²) in [7, 11) is 0. The molecular weight excluding hydrogens is 480 g/mol. The van der Waals surface area contributed by atoms with E-state index in [1.54, 1.807) is 3.28 Å². The Morgan fingerprint density at radius 1 is 0.929 bits per heavy atom. The van der Waals surface area contributed by atoms with Crippen LogP contribution in [0.15, 0.2) is 51.8 Å². The Bertz CT molecular complexity index is 1060. The first-order valence-corrected chi connectivity index (χ1v) is 25.7. The minimum atomic E-state index is -4.89. The van der Waals surface area contributed by atoms with Gasteiger partial charge in [-0.1, -0.05) is 0 Å². The number of allylic oxidation sites excluding steroid dienone is 4. The van der Waals surface area contributed by atoms with E-state index in [1.807, 2.05) is 0 Å². The zero-order valence-electron chi connectivity index (χ0n) is 18.8. The van der Waals surface area contributed by atoms with Crippen LogP contribution >= 0.6 is 24.8 Å². The SMILES string of the molecule is C[C](C)(C)[Zr]([CH3])([CH3])(=[SiH2])([C]1=CC=CC1)([c]1cc2ccccc2[nH]1)[C](C)(C)C.Cl.Cl. The fourth-order valence-electron chi connectivity index (χ4n) is 5.94. The normalized spacial score (nSPS) is 18.9. The van der Waals surface area contributed by atoms with Gasteiger partial charge in [0.25, 0.3) is 0 Å². The number of H-pyrrole nitrogens is 1. The number of fused-ring (bicyclic) bond motifs is 1. The number of nitrogens with one attached hydrogen (secondary N) is 1. The predicted molar refractivity (Wildman–Crippen MR) is 134 cm³/mol. The Morgan fingerprint density at radius 3 is 1.89 bits per heavy atom. The molecule has 0 radical (unpaired) electrons. The fraction of sp³-hybridized carbons (Fsp3) is 0.478. The zero-order chi connectivity index (χ0) is 19.8. The number of aromatic amines is 1. The van der Waals surface area contributed by atoms with E-state index in [0.717, 1.165) is 6.42 Å². The predicted octanol–water partition coefficient (Wildman–Crippen LogP) is 7.32. The third-order valence-electron chi connectivity index (χ3n) is 11.1. The molecule has 5 heteroatoms. The average Bonchev–Trinajstić information content (AvgIpc) is 3.16. The van der Waals surface area contributed by atoms with Crippen LogP contribution < -0.4 is 3.40 Å². The van der Waals surface area contributed by atoms with Gasteiger partial charge in [0.2, 0.25) is 0 Å². The van der Waals surface area contributed by atoms with E-state index < -0.39 is 14.4 Å². The molecule has 0 saturated carbocycles. The molecular formula is C23H39Cl2NSiZr.